The summed E-state index contributed by atoms with van der Waals surface area (Å²) in [6, 6.07) is 0. The minimum Gasteiger partial charge on any atom is -0.369 e. The smallest absolute Gasteiger partial charge is 0.257 e. The maximum Gasteiger partial charge on any atom is 0.257 e. The van der Waals surface area contributed by atoms with Gasteiger partial charge in [-0.2, -0.15) is 0 Å². The van der Waals surface area contributed by atoms with Gasteiger partial charge < -0.3 is 10.7 Å². The molecule has 0 aliphatic heterocycles. The van der Waals surface area contributed by atoms with Crippen molar-refractivity contribution in [2.75, 3.05) is 6.54 Å². The molecule has 1 rings (SSSR count). The summed E-state index contributed by atoms with van der Waals surface area (Å²) in [5.74, 6) is 0.0218. The van der Waals surface area contributed by atoms with E-state index in [1.807, 2.05) is 6.92 Å². The van der Waals surface area contributed by atoms with E-state index in [0.29, 0.717) is 12.2 Å². The third kappa shape index (κ3) is 3.30. The summed E-state index contributed by atoms with van der Waals surface area (Å²) in [5.41, 5.74) is 4.23. The first-order valence-corrected chi connectivity index (χ1v) is 7.01. The van der Waals surface area contributed by atoms with E-state index in [9.17, 15) is 13.2 Å². The molecule has 0 bridgehead atoms. The highest BCUT2D eigenvalue weighted by Gasteiger charge is 2.28. The van der Waals surface area contributed by atoms with Crippen molar-refractivity contribution in [3.8, 4) is 0 Å². The summed E-state index contributed by atoms with van der Waals surface area (Å²) in [7, 11) is -3.69. The first-order chi connectivity index (χ1) is 8.19. The van der Waals surface area contributed by atoms with Crippen LogP contribution in [0.1, 0.15) is 26.6 Å². The number of hydrogen-bond acceptors (Lipinski definition) is 4. The minimum absolute atomic E-state index is 0.0142. The summed E-state index contributed by atoms with van der Waals surface area (Å²) >= 11 is 0. The molecule has 0 radical (unpaired) electrons. The fourth-order valence-electron chi connectivity index (χ4n) is 1.10. The molecule has 1 amide bonds. The summed E-state index contributed by atoms with van der Waals surface area (Å²) < 4.78 is 26.1. The number of carbonyl (C=O) groups excluding carboxylic acids is 1. The average Bonchev–Trinajstić information content (AvgIpc) is 2.75. The van der Waals surface area contributed by atoms with Gasteiger partial charge in [-0.1, -0.05) is 6.92 Å². The lowest BCUT2D eigenvalue weighted by atomic mass is 9.93. The van der Waals surface area contributed by atoms with Crippen LogP contribution in [0, 0.1) is 5.41 Å². The Bertz CT molecular complexity index is 533. The van der Waals surface area contributed by atoms with E-state index in [-0.39, 0.29) is 11.6 Å². The molecule has 0 saturated carbocycles. The predicted octanol–water partition coefficient (Wildman–Crippen LogP) is -0.238. The quantitative estimate of drug-likeness (QED) is 0.663. The second-order valence-corrected chi connectivity index (χ2v) is 6.36. The number of aromatic amines is 1. The van der Waals surface area contributed by atoms with E-state index < -0.39 is 21.3 Å². The third-order valence-electron chi connectivity index (χ3n) is 2.60. The topological polar surface area (TPSA) is 118 Å². The van der Waals surface area contributed by atoms with Gasteiger partial charge in [0.1, 0.15) is 5.82 Å². The summed E-state index contributed by atoms with van der Waals surface area (Å²) in [6.07, 6.45) is 1.86. The minimum atomic E-state index is -3.69. The van der Waals surface area contributed by atoms with Gasteiger partial charge >= 0.3 is 0 Å². The third-order valence-corrected chi connectivity index (χ3v) is 3.91. The van der Waals surface area contributed by atoms with Gasteiger partial charge in [-0.25, -0.2) is 18.1 Å². The maximum atomic E-state index is 11.9. The lowest BCUT2D eigenvalue weighted by molar-refractivity contribution is -0.125. The second-order valence-electron chi connectivity index (χ2n) is 4.62. The SMILES string of the molecule is CCc1ncc(S(=O)(=O)NCC(C)(C)C(N)=O)[nH]1. The van der Waals surface area contributed by atoms with Crippen LogP contribution >= 0.6 is 0 Å². The van der Waals surface area contributed by atoms with Gasteiger partial charge in [0.05, 0.1) is 11.6 Å². The van der Waals surface area contributed by atoms with E-state index in [1.165, 1.54) is 6.20 Å². The first-order valence-electron chi connectivity index (χ1n) is 5.52. The zero-order chi connectivity index (χ0) is 14.0. The zero-order valence-electron chi connectivity index (χ0n) is 10.6. The Morgan fingerprint density at radius 3 is 2.61 bits per heavy atom. The molecule has 0 saturated heterocycles. The molecule has 18 heavy (non-hydrogen) atoms. The van der Waals surface area contributed by atoms with E-state index in [2.05, 4.69) is 14.7 Å². The lowest BCUT2D eigenvalue weighted by Crippen LogP contribution is -2.42. The highest BCUT2D eigenvalue weighted by Crippen LogP contribution is 2.14. The monoisotopic (exact) mass is 274 g/mol. The van der Waals surface area contributed by atoms with Crippen LogP contribution in [0.25, 0.3) is 0 Å². The Hall–Kier alpha value is -1.41. The van der Waals surface area contributed by atoms with Gasteiger partial charge in [0.15, 0.2) is 5.03 Å². The number of nitrogens with zero attached hydrogens (tertiary/aromatic N) is 1. The van der Waals surface area contributed by atoms with Crippen molar-refractivity contribution in [3.63, 3.8) is 0 Å². The van der Waals surface area contributed by atoms with Crippen molar-refractivity contribution in [1.29, 1.82) is 0 Å². The number of hydrogen-bond donors (Lipinski definition) is 3. The van der Waals surface area contributed by atoms with E-state index in [4.69, 9.17) is 5.73 Å². The molecule has 7 nitrogen and oxygen atoms in total. The van der Waals surface area contributed by atoms with Crippen LogP contribution in [-0.2, 0) is 21.2 Å². The Morgan fingerprint density at radius 1 is 1.56 bits per heavy atom. The average molecular weight is 274 g/mol. The first kappa shape index (κ1) is 14.7. The predicted molar refractivity (Wildman–Crippen MR) is 66.1 cm³/mol. The molecule has 1 heterocycles. The van der Waals surface area contributed by atoms with Crippen LogP contribution < -0.4 is 10.5 Å². The van der Waals surface area contributed by atoms with E-state index >= 15 is 0 Å². The van der Waals surface area contributed by atoms with Gasteiger partial charge in [-0.3, -0.25) is 4.79 Å². The lowest BCUT2D eigenvalue weighted by Gasteiger charge is -2.20. The number of primary amides is 1. The number of nitrogens with two attached hydrogens (primary N) is 1. The van der Waals surface area contributed by atoms with Crippen LogP contribution in [0.4, 0.5) is 0 Å². The molecule has 8 heteroatoms. The molecular formula is C10H18N4O3S. The Kier molecular flexibility index (Phi) is 4.12. The number of carbonyl (C=O) groups is 1. The number of nitrogens with one attached hydrogen (secondary N) is 2. The second kappa shape index (κ2) is 5.07. The van der Waals surface area contributed by atoms with Crippen molar-refractivity contribution in [3.05, 3.63) is 12.0 Å². The highest BCUT2D eigenvalue weighted by atomic mass is 32.2. The van der Waals surface area contributed by atoms with Crippen molar-refractivity contribution in [2.45, 2.75) is 32.2 Å². The number of rotatable bonds is 6. The highest BCUT2D eigenvalue weighted by molar-refractivity contribution is 7.89. The standard InChI is InChI=1S/C10H18N4O3S/c1-4-7-12-5-8(14-7)18(16,17)13-6-10(2,3)9(11)15/h5,13H,4,6H2,1-3H3,(H2,11,15)(H,12,14). The van der Waals surface area contributed by atoms with E-state index in [1.54, 1.807) is 13.8 Å². The van der Waals surface area contributed by atoms with Gasteiger partial charge in [0.2, 0.25) is 5.91 Å². The molecule has 1 aromatic rings. The Labute approximate surface area is 106 Å². The molecule has 0 unspecified atom stereocenters. The maximum absolute atomic E-state index is 11.9. The zero-order valence-corrected chi connectivity index (χ0v) is 11.5. The fourth-order valence-corrected chi connectivity index (χ4v) is 2.25. The number of H-pyrrole nitrogens is 1. The van der Waals surface area contributed by atoms with Crippen LogP contribution in [0.15, 0.2) is 11.2 Å². The van der Waals surface area contributed by atoms with Crippen molar-refractivity contribution in [1.82, 2.24) is 14.7 Å². The molecule has 0 fully saturated rings. The van der Waals surface area contributed by atoms with Crippen molar-refractivity contribution < 1.29 is 13.2 Å². The van der Waals surface area contributed by atoms with Gasteiger partial charge in [-0.15, -0.1) is 0 Å². The van der Waals surface area contributed by atoms with Crippen LogP contribution in [-0.4, -0.2) is 30.8 Å². The molecule has 0 aromatic carbocycles. The number of imidazole rings is 1. The number of amides is 1. The Balaban J connectivity index is 2.80. The fraction of sp³-hybridized carbons (Fsp3) is 0.600. The van der Waals surface area contributed by atoms with Crippen LogP contribution in [0.2, 0.25) is 0 Å². The molecule has 1 aromatic heterocycles. The number of aryl methyl sites for hydroxylation is 1. The summed E-state index contributed by atoms with van der Waals surface area (Å²) in [5, 5.41) is -0.0142. The van der Waals surface area contributed by atoms with Gasteiger partial charge in [0.25, 0.3) is 10.0 Å². The van der Waals surface area contributed by atoms with Crippen LogP contribution in [0.5, 0.6) is 0 Å². The van der Waals surface area contributed by atoms with Gasteiger partial charge in [-0.05, 0) is 13.8 Å². The summed E-state index contributed by atoms with van der Waals surface area (Å²) in [4.78, 5) is 17.7. The van der Waals surface area contributed by atoms with Crippen molar-refractivity contribution >= 4 is 15.9 Å². The van der Waals surface area contributed by atoms with Crippen molar-refractivity contribution in [2.24, 2.45) is 11.1 Å². The number of aromatic nitrogens is 2. The van der Waals surface area contributed by atoms with Crippen LogP contribution in [0.3, 0.4) is 0 Å². The summed E-state index contributed by atoms with van der Waals surface area (Å²) in [6.45, 7) is 4.94. The molecule has 0 spiro atoms. The largest absolute Gasteiger partial charge is 0.369 e. The van der Waals surface area contributed by atoms with Gasteiger partial charge in [0, 0.05) is 13.0 Å². The molecule has 0 aliphatic carbocycles. The van der Waals surface area contributed by atoms with E-state index in [0.717, 1.165) is 0 Å². The molecular weight excluding hydrogens is 256 g/mol. The molecule has 0 aliphatic rings. The molecule has 0 atom stereocenters. The molecule has 4 N–H and O–H groups in total. The Morgan fingerprint density at radius 2 is 2.17 bits per heavy atom. The number of sulfonamides is 1. The molecule has 102 valence electrons. The normalized spacial score (nSPS) is 12.6.